The minimum absolute atomic E-state index is 0.669. The highest BCUT2D eigenvalue weighted by atomic mass is 16.5. The number of para-hydroxylation sites is 1. The summed E-state index contributed by atoms with van der Waals surface area (Å²) >= 11 is 0. The van der Waals surface area contributed by atoms with Crippen molar-refractivity contribution in [3.8, 4) is 5.75 Å². The Hall–Kier alpha value is -1.80. The average molecular weight is 281 g/mol. The lowest BCUT2D eigenvalue weighted by Gasteiger charge is -2.22. The van der Waals surface area contributed by atoms with Crippen LogP contribution in [0, 0.1) is 0 Å². The second kappa shape index (κ2) is 6.31. The Labute approximate surface area is 127 Å². The standard InChI is InChI=1S/C19H23NO/c1-3-20(14-16-11-7-8-12-19(16)21-2)18-13-17(18)15-9-5-4-6-10-15/h4-12,17-18H,3,13-14H2,1-2H3. The van der Waals surface area contributed by atoms with Gasteiger partial charge >= 0.3 is 0 Å². The maximum atomic E-state index is 5.48. The van der Waals surface area contributed by atoms with Gasteiger partial charge in [0.05, 0.1) is 7.11 Å². The van der Waals surface area contributed by atoms with Gasteiger partial charge in [-0.15, -0.1) is 0 Å². The molecule has 1 saturated carbocycles. The minimum atomic E-state index is 0.669. The molecule has 110 valence electrons. The highest BCUT2D eigenvalue weighted by Gasteiger charge is 2.42. The third kappa shape index (κ3) is 3.11. The molecule has 0 N–H and O–H groups in total. The number of hydrogen-bond donors (Lipinski definition) is 0. The number of benzene rings is 2. The summed E-state index contributed by atoms with van der Waals surface area (Å²) in [7, 11) is 1.75. The van der Waals surface area contributed by atoms with Gasteiger partial charge < -0.3 is 4.74 Å². The predicted octanol–water partition coefficient (Wildman–Crippen LogP) is 4.07. The van der Waals surface area contributed by atoms with Crippen molar-refractivity contribution in [3.63, 3.8) is 0 Å². The molecule has 0 bridgehead atoms. The topological polar surface area (TPSA) is 12.5 Å². The summed E-state index contributed by atoms with van der Waals surface area (Å²) in [6.07, 6.45) is 1.27. The molecule has 2 heteroatoms. The molecule has 0 spiro atoms. The molecule has 2 atom stereocenters. The fourth-order valence-corrected chi connectivity index (χ4v) is 3.16. The fourth-order valence-electron chi connectivity index (χ4n) is 3.16. The van der Waals surface area contributed by atoms with E-state index < -0.39 is 0 Å². The minimum Gasteiger partial charge on any atom is -0.496 e. The van der Waals surface area contributed by atoms with E-state index in [0.717, 1.165) is 18.8 Å². The van der Waals surface area contributed by atoms with Crippen molar-refractivity contribution in [3.05, 3.63) is 65.7 Å². The molecule has 1 fully saturated rings. The van der Waals surface area contributed by atoms with E-state index in [2.05, 4.69) is 54.3 Å². The average Bonchev–Trinajstić information content (AvgIpc) is 3.34. The molecule has 0 heterocycles. The highest BCUT2D eigenvalue weighted by molar-refractivity contribution is 5.34. The van der Waals surface area contributed by atoms with Gasteiger partial charge in [0.2, 0.25) is 0 Å². The largest absolute Gasteiger partial charge is 0.496 e. The number of rotatable bonds is 6. The summed E-state index contributed by atoms with van der Waals surface area (Å²) in [6, 6.07) is 19.9. The van der Waals surface area contributed by atoms with E-state index in [0.29, 0.717) is 12.0 Å². The first-order chi connectivity index (χ1) is 10.3. The lowest BCUT2D eigenvalue weighted by Crippen LogP contribution is -2.26. The van der Waals surface area contributed by atoms with E-state index >= 15 is 0 Å². The number of hydrogen-bond acceptors (Lipinski definition) is 2. The van der Waals surface area contributed by atoms with Gasteiger partial charge in [-0.3, -0.25) is 4.90 Å². The quantitative estimate of drug-likeness (QED) is 0.791. The maximum Gasteiger partial charge on any atom is 0.123 e. The van der Waals surface area contributed by atoms with Crippen LogP contribution in [0.4, 0.5) is 0 Å². The van der Waals surface area contributed by atoms with Crippen LogP contribution in [0.1, 0.15) is 30.4 Å². The molecular formula is C19H23NO. The summed E-state index contributed by atoms with van der Waals surface area (Å²) in [4.78, 5) is 2.56. The van der Waals surface area contributed by atoms with Crippen LogP contribution in [-0.4, -0.2) is 24.6 Å². The van der Waals surface area contributed by atoms with Crippen LogP contribution in [0.5, 0.6) is 5.75 Å². The molecule has 1 aliphatic rings. The Morgan fingerprint density at radius 3 is 2.48 bits per heavy atom. The molecule has 3 rings (SSSR count). The zero-order chi connectivity index (χ0) is 14.7. The molecule has 0 aliphatic heterocycles. The molecule has 0 aromatic heterocycles. The molecule has 2 aromatic rings. The van der Waals surface area contributed by atoms with Crippen LogP contribution in [0.2, 0.25) is 0 Å². The first-order valence-electron chi connectivity index (χ1n) is 7.74. The van der Waals surface area contributed by atoms with Crippen molar-refractivity contribution in [1.82, 2.24) is 4.90 Å². The first kappa shape index (κ1) is 14.2. The van der Waals surface area contributed by atoms with Gasteiger partial charge in [0.25, 0.3) is 0 Å². The molecule has 2 aromatic carbocycles. The monoisotopic (exact) mass is 281 g/mol. The van der Waals surface area contributed by atoms with Crippen molar-refractivity contribution in [2.24, 2.45) is 0 Å². The summed E-state index contributed by atoms with van der Waals surface area (Å²) in [5.41, 5.74) is 2.75. The summed E-state index contributed by atoms with van der Waals surface area (Å²) < 4.78 is 5.48. The number of likely N-dealkylation sites (N-methyl/N-ethyl adjacent to an activating group) is 1. The second-order valence-corrected chi connectivity index (χ2v) is 5.70. The maximum absolute atomic E-state index is 5.48. The molecule has 21 heavy (non-hydrogen) atoms. The van der Waals surface area contributed by atoms with Gasteiger partial charge in [0.1, 0.15) is 5.75 Å². The van der Waals surface area contributed by atoms with Crippen molar-refractivity contribution in [2.75, 3.05) is 13.7 Å². The molecule has 0 saturated heterocycles. The smallest absolute Gasteiger partial charge is 0.123 e. The number of ether oxygens (including phenoxy) is 1. The first-order valence-corrected chi connectivity index (χ1v) is 7.74. The van der Waals surface area contributed by atoms with E-state index in [4.69, 9.17) is 4.74 Å². The summed E-state index contributed by atoms with van der Waals surface area (Å²) in [5, 5.41) is 0. The van der Waals surface area contributed by atoms with Crippen LogP contribution in [0.15, 0.2) is 54.6 Å². The van der Waals surface area contributed by atoms with Crippen molar-refractivity contribution < 1.29 is 4.74 Å². The SMILES string of the molecule is CCN(Cc1ccccc1OC)C1CC1c1ccccc1. The van der Waals surface area contributed by atoms with E-state index in [1.54, 1.807) is 7.11 Å². The Morgan fingerprint density at radius 2 is 1.76 bits per heavy atom. The third-order valence-electron chi connectivity index (χ3n) is 4.43. The normalized spacial score (nSPS) is 20.5. The Kier molecular flexibility index (Phi) is 4.26. The van der Waals surface area contributed by atoms with Crippen molar-refractivity contribution in [1.29, 1.82) is 0 Å². The predicted molar refractivity (Wildman–Crippen MR) is 86.7 cm³/mol. The molecule has 2 unspecified atom stereocenters. The summed E-state index contributed by atoms with van der Waals surface area (Å²) in [6.45, 7) is 4.29. The van der Waals surface area contributed by atoms with Crippen LogP contribution in [0.3, 0.4) is 0 Å². The van der Waals surface area contributed by atoms with E-state index in [9.17, 15) is 0 Å². The van der Waals surface area contributed by atoms with Gasteiger partial charge in [-0.2, -0.15) is 0 Å². The van der Waals surface area contributed by atoms with Gasteiger partial charge in [-0.05, 0) is 24.6 Å². The van der Waals surface area contributed by atoms with Crippen LogP contribution < -0.4 is 4.74 Å². The summed E-state index contributed by atoms with van der Waals surface area (Å²) in [5.74, 6) is 1.69. The Bertz CT molecular complexity index is 581. The Balaban J connectivity index is 1.70. The van der Waals surface area contributed by atoms with E-state index in [1.807, 2.05) is 12.1 Å². The van der Waals surface area contributed by atoms with Crippen LogP contribution in [-0.2, 0) is 6.54 Å². The molecular weight excluding hydrogens is 258 g/mol. The van der Waals surface area contributed by atoms with Gasteiger partial charge in [-0.25, -0.2) is 0 Å². The highest BCUT2D eigenvalue weighted by Crippen LogP contribution is 2.45. The van der Waals surface area contributed by atoms with Crippen molar-refractivity contribution in [2.45, 2.75) is 31.8 Å². The van der Waals surface area contributed by atoms with Gasteiger partial charge in [0.15, 0.2) is 0 Å². The van der Waals surface area contributed by atoms with Crippen LogP contribution in [0.25, 0.3) is 0 Å². The van der Waals surface area contributed by atoms with Gasteiger partial charge in [-0.1, -0.05) is 55.5 Å². The zero-order valence-corrected chi connectivity index (χ0v) is 12.8. The lowest BCUT2D eigenvalue weighted by molar-refractivity contribution is 0.260. The second-order valence-electron chi connectivity index (χ2n) is 5.70. The Morgan fingerprint density at radius 1 is 1.05 bits per heavy atom. The molecule has 0 radical (unpaired) electrons. The number of nitrogens with zero attached hydrogens (tertiary/aromatic N) is 1. The number of methoxy groups -OCH3 is 1. The third-order valence-corrected chi connectivity index (χ3v) is 4.43. The van der Waals surface area contributed by atoms with Crippen molar-refractivity contribution >= 4 is 0 Å². The molecule has 0 amide bonds. The van der Waals surface area contributed by atoms with E-state index in [-0.39, 0.29) is 0 Å². The molecule has 2 nitrogen and oxygen atoms in total. The zero-order valence-electron chi connectivity index (χ0n) is 12.8. The molecule has 1 aliphatic carbocycles. The fraction of sp³-hybridized carbons (Fsp3) is 0.368. The van der Waals surface area contributed by atoms with E-state index in [1.165, 1.54) is 17.5 Å². The van der Waals surface area contributed by atoms with Crippen LogP contribution >= 0.6 is 0 Å². The lowest BCUT2D eigenvalue weighted by atomic mass is 10.1. The van der Waals surface area contributed by atoms with Gasteiger partial charge in [0, 0.05) is 24.1 Å².